The number of nitro benzene ring substituents is 1. The molecule has 19 heavy (non-hydrogen) atoms. The molecule has 0 atom stereocenters. The van der Waals surface area contributed by atoms with Gasteiger partial charge in [0.05, 0.1) is 18.1 Å². The molecule has 1 aromatic heterocycles. The predicted octanol–water partition coefficient (Wildman–Crippen LogP) is 2.61. The third kappa shape index (κ3) is 3.41. The van der Waals surface area contributed by atoms with Crippen LogP contribution in [-0.4, -0.2) is 17.0 Å². The molecule has 0 aliphatic rings. The summed E-state index contributed by atoms with van der Waals surface area (Å²) in [7, 11) is 1.48. The van der Waals surface area contributed by atoms with Crippen LogP contribution in [0.3, 0.4) is 0 Å². The first kappa shape index (κ1) is 12.8. The van der Waals surface area contributed by atoms with E-state index in [0.717, 1.165) is 5.56 Å². The molecule has 0 fully saturated rings. The van der Waals surface area contributed by atoms with Gasteiger partial charge in [0.1, 0.15) is 5.75 Å². The van der Waals surface area contributed by atoms with Crippen molar-refractivity contribution >= 4 is 11.4 Å². The summed E-state index contributed by atoms with van der Waals surface area (Å²) in [5, 5.41) is 13.9. The molecule has 6 heteroatoms. The summed E-state index contributed by atoms with van der Waals surface area (Å²) in [6.07, 6.45) is 3.40. The highest BCUT2D eigenvalue weighted by atomic mass is 16.6. The molecule has 2 aromatic rings. The number of anilines is 1. The van der Waals surface area contributed by atoms with Crippen LogP contribution in [0.4, 0.5) is 11.4 Å². The first-order chi connectivity index (χ1) is 9.19. The maximum absolute atomic E-state index is 10.8. The fraction of sp³-hybridized carbons (Fsp3) is 0.154. The lowest BCUT2D eigenvalue weighted by atomic mass is 10.2. The third-order valence-electron chi connectivity index (χ3n) is 2.58. The summed E-state index contributed by atoms with van der Waals surface area (Å²) < 4.78 is 5.04. The topological polar surface area (TPSA) is 77.3 Å². The zero-order valence-electron chi connectivity index (χ0n) is 10.4. The first-order valence-electron chi connectivity index (χ1n) is 5.65. The molecule has 0 aliphatic heterocycles. The number of rotatable bonds is 5. The van der Waals surface area contributed by atoms with Gasteiger partial charge in [-0.1, -0.05) is 0 Å². The number of hydrogen-bond acceptors (Lipinski definition) is 5. The first-order valence-corrected chi connectivity index (χ1v) is 5.65. The van der Waals surface area contributed by atoms with Crippen molar-refractivity contribution in [3.63, 3.8) is 0 Å². The van der Waals surface area contributed by atoms with Crippen LogP contribution < -0.4 is 10.1 Å². The van der Waals surface area contributed by atoms with Crippen molar-refractivity contribution < 1.29 is 9.66 Å². The fourth-order valence-corrected chi connectivity index (χ4v) is 1.61. The van der Waals surface area contributed by atoms with Gasteiger partial charge in [0, 0.05) is 36.8 Å². The van der Waals surface area contributed by atoms with E-state index in [1.54, 1.807) is 18.5 Å². The van der Waals surface area contributed by atoms with E-state index in [1.807, 2.05) is 12.1 Å². The van der Waals surface area contributed by atoms with Crippen LogP contribution in [0.5, 0.6) is 5.75 Å². The lowest BCUT2D eigenvalue weighted by Crippen LogP contribution is -2.00. The van der Waals surface area contributed by atoms with Crippen LogP contribution in [-0.2, 0) is 6.54 Å². The Morgan fingerprint density at radius 1 is 1.32 bits per heavy atom. The molecule has 0 radical (unpaired) electrons. The molecule has 0 saturated heterocycles. The number of aromatic nitrogens is 1. The molecule has 2 rings (SSSR count). The zero-order chi connectivity index (χ0) is 13.7. The number of nitrogens with zero attached hydrogens (tertiary/aromatic N) is 2. The van der Waals surface area contributed by atoms with Crippen molar-refractivity contribution in [3.05, 3.63) is 58.4 Å². The lowest BCUT2D eigenvalue weighted by Gasteiger charge is -2.08. The number of ether oxygens (including phenoxy) is 1. The summed E-state index contributed by atoms with van der Waals surface area (Å²) in [5.41, 5.74) is 1.68. The molecule has 0 spiro atoms. The zero-order valence-corrected chi connectivity index (χ0v) is 10.4. The lowest BCUT2D eigenvalue weighted by molar-refractivity contribution is -0.384. The molecule has 0 unspecified atom stereocenters. The van der Waals surface area contributed by atoms with Gasteiger partial charge in [0.25, 0.3) is 5.69 Å². The summed E-state index contributed by atoms with van der Waals surface area (Å²) >= 11 is 0. The number of nitro groups is 1. The predicted molar refractivity (Wildman–Crippen MR) is 71.2 cm³/mol. The highest BCUT2D eigenvalue weighted by molar-refractivity contribution is 5.56. The van der Waals surface area contributed by atoms with Crippen LogP contribution in [0, 0.1) is 10.1 Å². The number of non-ortho nitro benzene ring substituents is 1. The van der Waals surface area contributed by atoms with Gasteiger partial charge in [-0.3, -0.25) is 15.1 Å². The molecule has 1 N–H and O–H groups in total. The Kier molecular flexibility index (Phi) is 3.92. The van der Waals surface area contributed by atoms with E-state index < -0.39 is 4.92 Å². The van der Waals surface area contributed by atoms with Gasteiger partial charge in [-0.25, -0.2) is 0 Å². The number of benzene rings is 1. The van der Waals surface area contributed by atoms with Crippen molar-refractivity contribution in [3.8, 4) is 5.75 Å². The number of pyridine rings is 1. The molecule has 6 nitrogen and oxygen atoms in total. The van der Waals surface area contributed by atoms with Crippen molar-refractivity contribution in [2.45, 2.75) is 6.54 Å². The van der Waals surface area contributed by atoms with Crippen LogP contribution in [0.1, 0.15) is 5.56 Å². The van der Waals surface area contributed by atoms with Gasteiger partial charge in [-0.05, 0) is 17.7 Å². The minimum Gasteiger partial charge on any atom is -0.496 e. The molecule has 1 aromatic carbocycles. The molecule has 1 heterocycles. The van der Waals surface area contributed by atoms with E-state index in [2.05, 4.69) is 10.3 Å². The van der Waals surface area contributed by atoms with Crippen LogP contribution >= 0.6 is 0 Å². The van der Waals surface area contributed by atoms with Crippen molar-refractivity contribution in [2.24, 2.45) is 0 Å². The van der Waals surface area contributed by atoms with Crippen LogP contribution in [0.25, 0.3) is 0 Å². The Balaban J connectivity index is 2.15. The summed E-state index contributed by atoms with van der Waals surface area (Å²) in [5.74, 6) is 0.450. The van der Waals surface area contributed by atoms with Crippen LogP contribution in [0.2, 0.25) is 0 Å². The summed E-state index contributed by atoms with van der Waals surface area (Å²) in [6.45, 7) is 0.562. The van der Waals surface area contributed by atoms with E-state index in [4.69, 9.17) is 4.74 Å². The van der Waals surface area contributed by atoms with E-state index in [9.17, 15) is 10.1 Å². The van der Waals surface area contributed by atoms with Gasteiger partial charge < -0.3 is 10.1 Å². The number of methoxy groups -OCH3 is 1. The van der Waals surface area contributed by atoms with Gasteiger partial charge in [-0.2, -0.15) is 0 Å². The van der Waals surface area contributed by atoms with E-state index in [-0.39, 0.29) is 5.69 Å². The third-order valence-corrected chi connectivity index (χ3v) is 2.58. The molecule has 0 aliphatic carbocycles. The second kappa shape index (κ2) is 5.81. The molecular formula is C13H13N3O3. The van der Waals surface area contributed by atoms with E-state index >= 15 is 0 Å². The standard InChI is InChI=1S/C13H13N3O3/c1-19-13-7-11(6-12(8-13)16(17)18)15-9-10-2-4-14-5-3-10/h2-8,15H,9H2,1H3. The average molecular weight is 259 g/mol. The van der Waals surface area contributed by atoms with Gasteiger partial charge in [0.15, 0.2) is 0 Å². The van der Waals surface area contributed by atoms with Gasteiger partial charge in [0.2, 0.25) is 0 Å². The highest BCUT2D eigenvalue weighted by Gasteiger charge is 2.09. The summed E-state index contributed by atoms with van der Waals surface area (Å²) in [4.78, 5) is 14.3. The second-order valence-corrected chi connectivity index (χ2v) is 3.89. The monoisotopic (exact) mass is 259 g/mol. The van der Waals surface area contributed by atoms with E-state index in [0.29, 0.717) is 18.0 Å². The maximum Gasteiger partial charge on any atom is 0.275 e. The Bertz CT molecular complexity index is 573. The van der Waals surface area contributed by atoms with Gasteiger partial charge >= 0.3 is 0 Å². The number of nitrogens with one attached hydrogen (secondary N) is 1. The SMILES string of the molecule is COc1cc(NCc2ccncc2)cc([N+](=O)[O-])c1. The Morgan fingerprint density at radius 2 is 2.05 bits per heavy atom. The number of hydrogen-bond donors (Lipinski definition) is 1. The Labute approximate surface area is 110 Å². The molecule has 98 valence electrons. The van der Waals surface area contributed by atoms with Crippen molar-refractivity contribution in [2.75, 3.05) is 12.4 Å². The molecule has 0 saturated carbocycles. The Hall–Kier alpha value is -2.63. The largest absolute Gasteiger partial charge is 0.496 e. The highest BCUT2D eigenvalue weighted by Crippen LogP contribution is 2.26. The average Bonchev–Trinajstić information content (AvgIpc) is 2.45. The normalized spacial score (nSPS) is 9.95. The minimum absolute atomic E-state index is 0.00317. The molecule has 0 amide bonds. The van der Waals surface area contributed by atoms with Crippen molar-refractivity contribution in [1.29, 1.82) is 0 Å². The van der Waals surface area contributed by atoms with E-state index in [1.165, 1.54) is 19.2 Å². The van der Waals surface area contributed by atoms with Gasteiger partial charge in [-0.15, -0.1) is 0 Å². The summed E-state index contributed by atoms with van der Waals surface area (Å²) in [6, 6.07) is 8.33. The molecular weight excluding hydrogens is 246 g/mol. The minimum atomic E-state index is -0.444. The molecule has 0 bridgehead atoms. The van der Waals surface area contributed by atoms with Crippen molar-refractivity contribution in [1.82, 2.24) is 4.98 Å². The Morgan fingerprint density at radius 3 is 2.68 bits per heavy atom. The van der Waals surface area contributed by atoms with Crippen LogP contribution in [0.15, 0.2) is 42.7 Å². The smallest absolute Gasteiger partial charge is 0.275 e. The quantitative estimate of drug-likeness (QED) is 0.659. The second-order valence-electron chi connectivity index (χ2n) is 3.89. The fourth-order valence-electron chi connectivity index (χ4n) is 1.61. The maximum atomic E-state index is 10.8.